The summed E-state index contributed by atoms with van der Waals surface area (Å²) < 4.78 is 0. The summed E-state index contributed by atoms with van der Waals surface area (Å²) >= 11 is 1.00. The molecular formula is C10H15N3O5S. The van der Waals surface area contributed by atoms with Crippen molar-refractivity contribution in [2.24, 2.45) is 0 Å². The van der Waals surface area contributed by atoms with Crippen molar-refractivity contribution >= 4 is 35.5 Å². The van der Waals surface area contributed by atoms with Crippen LogP contribution in [0.2, 0.25) is 0 Å². The molecule has 0 spiro atoms. The van der Waals surface area contributed by atoms with Gasteiger partial charge in [-0.05, 0) is 0 Å². The van der Waals surface area contributed by atoms with Gasteiger partial charge < -0.3 is 20.6 Å². The third kappa shape index (κ3) is 6.09. The van der Waals surface area contributed by atoms with Crippen molar-refractivity contribution in [3.8, 4) is 0 Å². The highest BCUT2D eigenvalue weighted by atomic mass is 32.2. The molecule has 1 saturated heterocycles. The normalized spacial score (nSPS) is 15.1. The average Bonchev–Trinajstić information content (AvgIpc) is 2.33. The summed E-state index contributed by atoms with van der Waals surface area (Å²) in [4.78, 5) is 45.4. The molecule has 1 aliphatic heterocycles. The van der Waals surface area contributed by atoms with Crippen LogP contribution in [0, 0.1) is 0 Å². The van der Waals surface area contributed by atoms with Gasteiger partial charge in [0.1, 0.15) is 0 Å². The molecule has 0 radical (unpaired) electrons. The lowest BCUT2D eigenvalue weighted by Crippen LogP contribution is -2.53. The largest absolute Gasteiger partial charge is 0.481 e. The number of carboxylic acid groups (broad SMARTS) is 1. The maximum absolute atomic E-state index is 11.4. The van der Waals surface area contributed by atoms with Crippen molar-refractivity contribution in [2.45, 2.75) is 0 Å². The van der Waals surface area contributed by atoms with E-state index < -0.39 is 5.97 Å². The zero-order valence-electron chi connectivity index (χ0n) is 10.2. The van der Waals surface area contributed by atoms with Crippen molar-refractivity contribution in [2.75, 3.05) is 37.7 Å². The number of piperazine rings is 1. The van der Waals surface area contributed by atoms with Crippen molar-refractivity contribution in [3.05, 3.63) is 0 Å². The molecule has 19 heavy (non-hydrogen) atoms. The summed E-state index contributed by atoms with van der Waals surface area (Å²) in [7, 11) is 0. The molecule has 1 fully saturated rings. The summed E-state index contributed by atoms with van der Waals surface area (Å²) in [5.74, 6) is -1.74. The van der Waals surface area contributed by atoms with Crippen molar-refractivity contribution < 1.29 is 24.3 Å². The standard InChI is InChI=1S/C10H15N3O5S/c14-7-4-13(9(16)3-12-7)2-1-11-8(15)5-19-6-10(17)18/h1-6H2,(H,11,15)(H,12,14)(H,17,18). The van der Waals surface area contributed by atoms with Gasteiger partial charge in [0.2, 0.25) is 17.7 Å². The molecule has 0 unspecified atom stereocenters. The third-order valence-corrected chi connectivity index (χ3v) is 3.20. The molecule has 0 aliphatic carbocycles. The first kappa shape index (κ1) is 15.3. The molecule has 8 nitrogen and oxygen atoms in total. The Morgan fingerprint density at radius 1 is 1.37 bits per heavy atom. The van der Waals surface area contributed by atoms with Gasteiger partial charge in [0.25, 0.3) is 0 Å². The SMILES string of the molecule is O=C(O)CSCC(=O)NCCN1CC(=O)NCC1=O. The van der Waals surface area contributed by atoms with E-state index in [4.69, 9.17) is 5.11 Å². The second kappa shape index (κ2) is 7.62. The van der Waals surface area contributed by atoms with Crippen LogP contribution in [0.25, 0.3) is 0 Å². The van der Waals surface area contributed by atoms with E-state index in [9.17, 15) is 19.2 Å². The molecule has 0 aromatic rings. The van der Waals surface area contributed by atoms with Crippen molar-refractivity contribution in [1.82, 2.24) is 15.5 Å². The van der Waals surface area contributed by atoms with E-state index in [1.54, 1.807) is 0 Å². The number of nitrogens with zero attached hydrogens (tertiary/aromatic N) is 1. The molecule has 3 N–H and O–H groups in total. The van der Waals surface area contributed by atoms with Gasteiger partial charge in [-0.2, -0.15) is 0 Å². The molecule has 0 aromatic carbocycles. The topological polar surface area (TPSA) is 116 Å². The number of carboxylic acids is 1. The van der Waals surface area contributed by atoms with E-state index in [2.05, 4.69) is 10.6 Å². The molecule has 1 rings (SSSR count). The van der Waals surface area contributed by atoms with Crippen molar-refractivity contribution in [3.63, 3.8) is 0 Å². The van der Waals surface area contributed by atoms with Gasteiger partial charge in [0, 0.05) is 13.1 Å². The van der Waals surface area contributed by atoms with E-state index >= 15 is 0 Å². The number of nitrogens with one attached hydrogen (secondary N) is 2. The first-order chi connectivity index (χ1) is 8.99. The van der Waals surface area contributed by atoms with Gasteiger partial charge in [0.15, 0.2) is 0 Å². The van der Waals surface area contributed by atoms with E-state index in [0.29, 0.717) is 0 Å². The summed E-state index contributed by atoms with van der Waals surface area (Å²) in [5.41, 5.74) is 0. The zero-order chi connectivity index (χ0) is 14.3. The first-order valence-electron chi connectivity index (χ1n) is 5.59. The number of hydrogen-bond donors (Lipinski definition) is 3. The van der Waals surface area contributed by atoms with E-state index in [-0.39, 0.29) is 55.4 Å². The van der Waals surface area contributed by atoms with Crippen LogP contribution >= 0.6 is 11.8 Å². The van der Waals surface area contributed by atoms with Crippen LogP contribution in [-0.2, 0) is 19.2 Å². The molecule has 3 amide bonds. The predicted octanol–water partition coefficient (Wildman–Crippen LogP) is -2.12. The predicted molar refractivity (Wildman–Crippen MR) is 67.6 cm³/mol. The maximum Gasteiger partial charge on any atom is 0.313 e. The lowest BCUT2D eigenvalue weighted by Gasteiger charge is -2.26. The highest BCUT2D eigenvalue weighted by Crippen LogP contribution is 1.98. The molecule has 1 heterocycles. The van der Waals surface area contributed by atoms with Gasteiger partial charge >= 0.3 is 5.97 Å². The Kier molecular flexibility index (Phi) is 6.13. The third-order valence-electron chi connectivity index (χ3n) is 2.29. The Balaban J connectivity index is 2.15. The molecule has 0 atom stereocenters. The van der Waals surface area contributed by atoms with Gasteiger partial charge in [-0.3, -0.25) is 19.2 Å². The fourth-order valence-corrected chi connectivity index (χ4v) is 1.98. The highest BCUT2D eigenvalue weighted by molar-refractivity contribution is 8.00. The second-order valence-electron chi connectivity index (χ2n) is 3.83. The quantitative estimate of drug-likeness (QED) is 0.493. The van der Waals surface area contributed by atoms with E-state index in [1.807, 2.05) is 0 Å². The molecule has 0 aromatic heterocycles. The Bertz CT molecular complexity index is 387. The smallest absolute Gasteiger partial charge is 0.313 e. The molecule has 106 valence electrons. The Morgan fingerprint density at radius 3 is 2.79 bits per heavy atom. The number of carbonyl (C=O) groups excluding carboxylic acids is 3. The van der Waals surface area contributed by atoms with E-state index in [1.165, 1.54) is 4.90 Å². The van der Waals surface area contributed by atoms with Crippen LogP contribution in [0.1, 0.15) is 0 Å². The molecule has 9 heteroatoms. The Morgan fingerprint density at radius 2 is 2.11 bits per heavy atom. The Labute approximate surface area is 113 Å². The van der Waals surface area contributed by atoms with Crippen LogP contribution in [-0.4, -0.2) is 71.4 Å². The molecule has 0 saturated carbocycles. The van der Waals surface area contributed by atoms with Crippen molar-refractivity contribution in [1.29, 1.82) is 0 Å². The second-order valence-corrected chi connectivity index (χ2v) is 4.81. The minimum absolute atomic E-state index is 0.00245. The van der Waals surface area contributed by atoms with Crippen LogP contribution in [0.15, 0.2) is 0 Å². The fraction of sp³-hybridized carbons (Fsp3) is 0.600. The lowest BCUT2D eigenvalue weighted by atomic mass is 10.3. The van der Waals surface area contributed by atoms with Gasteiger partial charge in [-0.15, -0.1) is 11.8 Å². The minimum Gasteiger partial charge on any atom is -0.481 e. The average molecular weight is 289 g/mol. The summed E-state index contributed by atoms with van der Waals surface area (Å²) in [6.45, 7) is 0.497. The number of aliphatic carboxylic acids is 1. The molecular weight excluding hydrogens is 274 g/mol. The maximum atomic E-state index is 11.4. The highest BCUT2D eigenvalue weighted by Gasteiger charge is 2.22. The fourth-order valence-electron chi connectivity index (χ4n) is 1.42. The number of carbonyl (C=O) groups is 4. The number of thioether (sulfide) groups is 1. The Hall–Kier alpha value is -1.77. The van der Waals surface area contributed by atoms with Gasteiger partial charge in [0.05, 0.1) is 24.6 Å². The van der Waals surface area contributed by atoms with E-state index in [0.717, 1.165) is 11.8 Å². The summed E-state index contributed by atoms with van der Waals surface area (Å²) in [6, 6.07) is 0. The molecule has 0 bridgehead atoms. The summed E-state index contributed by atoms with van der Waals surface area (Å²) in [5, 5.41) is 13.4. The van der Waals surface area contributed by atoms with Crippen LogP contribution in [0.5, 0.6) is 0 Å². The first-order valence-corrected chi connectivity index (χ1v) is 6.75. The zero-order valence-corrected chi connectivity index (χ0v) is 11.0. The van der Waals surface area contributed by atoms with Crippen LogP contribution in [0.4, 0.5) is 0 Å². The number of rotatable bonds is 7. The van der Waals surface area contributed by atoms with Gasteiger partial charge in [-0.1, -0.05) is 0 Å². The minimum atomic E-state index is -0.970. The van der Waals surface area contributed by atoms with Gasteiger partial charge in [-0.25, -0.2) is 0 Å². The van der Waals surface area contributed by atoms with Crippen LogP contribution < -0.4 is 10.6 Å². The number of hydrogen-bond acceptors (Lipinski definition) is 5. The number of amides is 3. The van der Waals surface area contributed by atoms with Crippen LogP contribution in [0.3, 0.4) is 0 Å². The lowest BCUT2D eigenvalue weighted by molar-refractivity contribution is -0.140. The summed E-state index contributed by atoms with van der Waals surface area (Å²) in [6.07, 6.45) is 0. The molecule has 1 aliphatic rings. The monoisotopic (exact) mass is 289 g/mol.